The topological polar surface area (TPSA) is 55.6 Å². The van der Waals surface area contributed by atoms with Crippen LogP contribution in [0.1, 0.15) is 37.0 Å². The van der Waals surface area contributed by atoms with E-state index in [9.17, 15) is 4.79 Å². The molecule has 1 saturated heterocycles. The Morgan fingerprint density at radius 2 is 2.30 bits per heavy atom. The van der Waals surface area contributed by atoms with Crippen molar-refractivity contribution in [2.24, 2.45) is 5.92 Å². The van der Waals surface area contributed by atoms with E-state index in [1.54, 1.807) is 19.1 Å². The fraction of sp³-hybridized carbons (Fsp3) is 0.533. The second-order valence-corrected chi connectivity index (χ2v) is 5.72. The summed E-state index contributed by atoms with van der Waals surface area (Å²) < 4.78 is 5.12. The zero-order valence-corrected chi connectivity index (χ0v) is 12.7. The van der Waals surface area contributed by atoms with Crippen LogP contribution in [0.25, 0.3) is 0 Å². The summed E-state index contributed by atoms with van der Waals surface area (Å²) in [5.74, 6) is 0.224. The molecule has 0 amide bonds. The molecular weight excluding hydrogens is 276 g/mol. The van der Waals surface area contributed by atoms with Crippen molar-refractivity contribution >= 4 is 28.9 Å². The number of nitrogen functional groups attached to an aromatic ring is 1. The molecule has 110 valence electrons. The Morgan fingerprint density at radius 3 is 2.95 bits per heavy atom. The summed E-state index contributed by atoms with van der Waals surface area (Å²) in [4.78, 5) is 14.3. The van der Waals surface area contributed by atoms with Gasteiger partial charge in [-0.1, -0.05) is 18.5 Å². The largest absolute Gasteiger partial charge is 0.462 e. The van der Waals surface area contributed by atoms with E-state index < -0.39 is 0 Å². The van der Waals surface area contributed by atoms with E-state index >= 15 is 0 Å². The van der Waals surface area contributed by atoms with Crippen molar-refractivity contribution in [3.8, 4) is 0 Å². The Balaban J connectivity index is 2.41. The number of carbonyl (C=O) groups is 1. The molecule has 0 aromatic heterocycles. The first-order valence-electron chi connectivity index (χ1n) is 7.04. The van der Waals surface area contributed by atoms with Gasteiger partial charge in [0.2, 0.25) is 0 Å². The molecular formula is C15H21ClN2O2. The molecule has 1 aliphatic rings. The molecule has 0 radical (unpaired) electrons. The van der Waals surface area contributed by atoms with Gasteiger partial charge in [-0.25, -0.2) is 4.79 Å². The van der Waals surface area contributed by atoms with E-state index in [1.807, 2.05) is 0 Å². The van der Waals surface area contributed by atoms with Crippen molar-refractivity contribution < 1.29 is 9.53 Å². The highest BCUT2D eigenvalue weighted by Crippen LogP contribution is 2.35. The van der Waals surface area contributed by atoms with Crippen LogP contribution in [0.15, 0.2) is 12.1 Å². The summed E-state index contributed by atoms with van der Waals surface area (Å²) in [6, 6.07) is 3.34. The number of anilines is 2. The Kier molecular flexibility index (Phi) is 4.76. The average Bonchev–Trinajstić information content (AvgIpc) is 2.38. The van der Waals surface area contributed by atoms with Gasteiger partial charge in [0.15, 0.2) is 0 Å². The molecule has 2 N–H and O–H groups in total. The van der Waals surface area contributed by atoms with E-state index in [2.05, 4.69) is 11.8 Å². The van der Waals surface area contributed by atoms with E-state index in [-0.39, 0.29) is 5.97 Å². The third-order valence-electron chi connectivity index (χ3n) is 3.55. The van der Waals surface area contributed by atoms with Crippen LogP contribution in [-0.2, 0) is 4.74 Å². The molecule has 0 bridgehead atoms. The summed E-state index contributed by atoms with van der Waals surface area (Å²) >= 11 is 6.33. The van der Waals surface area contributed by atoms with Crippen LogP contribution in [0.2, 0.25) is 5.02 Å². The molecule has 20 heavy (non-hydrogen) atoms. The Hall–Kier alpha value is -1.42. The predicted molar refractivity (Wildman–Crippen MR) is 82.4 cm³/mol. The molecule has 1 heterocycles. The molecule has 1 aliphatic heterocycles. The molecule has 1 aromatic rings. The molecule has 1 unspecified atom stereocenters. The predicted octanol–water partition coefficient (Wildman–Crippen LogP) is 3.34. The van der Waals surface area contributed by atoms with Gasteiger partial charge in [-0.15, -0.1) is 0 Å². The number of carbonyl (C=O) groups excluding carboxylic acids is 1. The zero-order valence-electron chi connectivity index (χ0n) is 12.0. The van der Waals surface area contributed by atoms with Gasteiger partial charge in [-0.05, 0) is 37.8 Å². The van der Waals surface area contributed by atoms with E-state index in [4.69, 9.17) is 22.1 Å². The van der Waals surface area contributed by atoms with Gasteiger partial charge >= 0.3 is 5.97 Å². The first kappa shape index (κ1) is 15.0. The lowest BCUT2D eigenvalue weighted by molar-refractivity contribution is 0.0527. The van der Waals surface area contributed by atoms with Crippen LogP contribution >= 0.6 is 11.6 Å². The first-order chi connectivity index (χ1) is 9.52. The molecule has 0 spiro atoms. The molecule has 5 heteroatoms. The maximum absolute atomic E-state index is 12.1. The number of piperidine rings is 1. The maximum atomic E-state index is 12.1. The molecule has 1 atom stereocenters. The highest BCUT2D eigenvalue weighted by Gasteiger charge is 2.25. The molecule has 1 aromatic carbocycles. The summed E-state index contributed by atoms with van der Waals surface area (Å²) in [5.41, 5.74) is 7.51. The highest BCUT2D eigenvalue weighted by molar-refractivity contribution is 6.34. The number of rotatable bonds is 3. The zero-order chi connectivity index (χ0) is 14.7. The third-order valence-corrected chi connectivity index (χ3v) is 3.84. The van der Waals surface area contributed by atoms with Crippen LogP contribution in [0.4, 0.5) is 11.4 Å². The first-order valence-corrected chi connectivity index (χ1v) is 7.41. The van der Waals surface area contributed by atoms with Gasteiger partial charge in [0, 0.05) is 18.8 Å². The quantitative estimate of drug-likeness (QED) is 0.686. The normalized spacial score (nSPS) is 18.9. The number of nitrogens with zero attached hydrogens (tertiary/aromatic N) is 1. The minimum Gasteiger partial charge on any atom is -0.462 e. The third kappa shape index (κ3) is 3.18. The molecule has 0 saturated carbocycles. The van der Waals surface area contributed by atoms with E-state index in [0.717, 1.165) is 25.2 Å². The Bertz CT molecular complexity index is 505. The second-order valence-electron chi connectivity index (χ2n) is 5.31. The van der Waals surface area contributed by atoms with Crippen molar-refractivity contribution in [3.63, 3.8) is 0 Å². The molecule has 0 aliphatic carbocycles. The molecule has 2 rings (SSSR count). The SMILES string of the molecule is CCOC(=O)c1cc(N)cc(Cl)c1N1CCCC(C)C1. The fourth-order valence-corrected chi connectivity index (χ4v) is 3.05. The molecule has 1 fully saturated rings. The molecule has 4 nitrogen and oxygen atoms in total. The number of nitrogens with two attached hydrogens (primary N) is 1. The van der Waals surface area contributed by atoms with Gasteiger partial charge in [0.05, 0.1) is 22.9 Å². The fourth-order valence-electron chi connectivity index (χ4n) is 2.70. The maximum Gasteiger partial charge on any atom is 0.340 e. The number of esters is 1. The van der Waals surface area contributed by atoms with Crippen LogP contribution in [0, 0.1) is 5.92 Å². The van der Waals surface area contributed by atoms with Gasteiger partial charge in [-0.3, -0.25) is 0 Å². The van der Waals surface area contributed by atoms with Crippen molar-refractivity contribution in [2.75, 3.05) is 30.3 Å². The second kappa shape index (κ2) is 6.35. The standard InChI is InChI=1S/C15H21ClN2O2/c1-3-20-15(19)12-7-11(17)8-13(16)14(12)18-6-4-5-10(2)9-18/h7-8,10H,3-6,9,17H2,1-2H3. The van der Waals surface area contributed by atoms with Gasteiger partial charge in [0.1, 0.15) is 0 Å². The van der Waals surface area contributed by atoms with Crippen molar-refractivity contribution in [2.45, 2.75) is 26.7 Å². The summed E-state index contributed by atoms with van der Waals surface area (Å²) in [5, 5.41) is 0.516. The van der Waals surface area contributed by atoms with E-state index in [0.29, 0.717) is 28.8 Å². The van der Waals surface area contributed by atoms with Crippen LogP contribution < -0.4 is 10.6 Å². The number of ether oxygens (including phenoxy) is 1. The monoisotopic (exact) mass is 296 g/mol. The highest BCUT2D eigenvalue weighted by atomic mass is 35.5. The van der Waals surface area contributed by atoms with Gasteiger partial charge < -0.3 is 15.4 Å². The van der Waals surface area contributed by atoms with Crippen molar-refractivity contribution in [1.82, 2.24) is 0 Å². The van der Waals surface area contributed by atoms with E-state index in [1.165, 1.54) is 6.42 Å². The minimum absolute atomic E-state index is 0.334. The van der Waals surface area contributed by atoms with Crippen molar-refractivity contribution in [1.29, 1.82) is 0 Å². The van der Waals surface area contributed by atoms with Crippen LogP contribution in [-0.4, -0.2) is 25.7 Å². The lowest BCUT2D eigenvalue weighted by Crippen LogP contribution is -2.35. The lowest BCUT2D eigenvalue weighted by atomic mass is 9.98. The number of halogens is 1. The average molecular weight is 297 g/mol. The minimum atomic E-state index is -0.366. The lowest BCUT2D eigenvalue weighted by Gasteiger charge is -2.34. The van der Waals surface area contributed by atoms with Crippen LogP contribution in [0.3, 0.4) is 0 Å². The number of benzene rings is 1. The summed E-state index contributed by atoms with van der Waals surface area (Å²) in [7, 11) is 0. The smallest absolute Gasteiger partial charge is 0.340 e. The van der Waals surface area contributed by atoms with Crippen molar-refractivity contribution in [3.05, 3.63) is 22.7 Å². The summed E-state index contributed by atoms with van der Waals surface area (Å²) in [6.07, 6.45) is 2.31. The number of hydrogen-bond donors (Lipinski definition) is 1. The summed E-state index contributed by atoms with van der Waals surface area (Å²) in [6.45, 7) is 6.13. The Labute approximate surface area is 124 Å². The number of hydrogen-bond acceptors (Lipinski definition) is 4. The van der Waals surface area contributed by atoms with Gasteiger partial charge in [-0.2, -0.15) is 0 Å². The Morgan fingerprint density at radius 1 is 1.55 bits per heavy atom. The van der Waals surface area contributed by atoms with Gasteiger partial charge in [0.25, 0.3) is 0 Å². The van der Waals surface area contributed by atoms with Crippen LogP contribution in [0.5, 0.6) is 0 Å².